The van der Waals surface area contributed by atoms with Crippen molar-refractivity contribution in [2.75, 3.05) is 31.1 Å². The fraction of sp³-hybridized carbons (Fsp3) is 0.500. The second kappa shape index (κ2) is 8.27. The Kier molecular flexibility index (Phi) is 5.56. The molecule has 154 valence electrons. The van der Waals surface area contributed by atoms with Gasteiger partial charge in [0, 0.05) is 51.2 Å². The van der Waals surface area contributed by atoms with Gasteiger partial charge in [0.1, 0.15) is 5.69 Å². The Labute approximate surface area is 171 Å². The first-order valence-electron chi connectivity index (χ1n) is 10.5. The monoisotopic (exact) mass is 395 g/mol. The average Bonchev–Trinajstić information content (AvgIpc) is 3.19. The zero-order valence-electron chi connectivity index (χ0n) is 17.2. The molecular formula is C22H29N5O2. The van der Waals surface area contributed by atoms with Gasteiger partial charge >= 0.3 is 0 Å². The number of fused-ring (bicyclic) bond motifs is 1. The number of aromatic nitrogens is 2. The number of benzene rings is 1. The second-order valence-corrected chi connectivity index (χ2v) is 8.05. The fourth-order valence-corrected chi connectivity index (χ4v) is 4.00. The van der Waals surface area contributed by atoms with E-state index in [-0.39, 0.29) is 11.8 Å². The summed E-state index contributed by atoms with van der Waals surface area (Å²) in [5.41, 5.74) is 2.59. The zero-order valence-corrected chi connectivity index (χ0v) is 17.2. The number of likely N-dealkylation sites (N-methyl/N-ethyl adjacent to an activating group) is 1. The molecule has 2 aliphatic heterocycles. The van der Waals surface area contributed by atoms with E-state index in [9.17, 15) is 9.59 Å². The molecule has 1 aromatic heterocycles. The van der Waals surface area contributed by atoms with E-state index in [1.54, 1.807) is 15.7 Å². The van der Waals surface area contributed by atoms with Crippen LogP contribution in [0.5, 0.6) is 0 Å². The maximum absolute atomic E-state index is 12.5. The van der Waals surface area contributed by atoms with E-state index < -0.39 is 0 Å². The molecule has 7 heteroatoms. The summed E-state index contributed by atoms with van der Waals surface area (Å²) in [6.45, 7) is 8.89. The van der Waals surface area contributed by atoms with Crippen LogP contribution in [0.2, 0.25) is 0 Å². The molecule has 1 fully saturated rings. The molecule has 1 N–H and O–H groups in total. The highest BCUT2D eigenvalue weighted by molar-refractivity contribution is 5.96. The second-order valence-electron chi connectivity index (χ2n) is 8.05. The minimum absolute atomic E-state index is 0.111. The molecule has 2 aromatic rings. The van der Waals surface area contributed by atoms with Crippen LogP contribution in [0.3, 0.4) is 0 Å². The molecule has 3 heterocycles. The maximum atomic E-state index is 12.5. The summed E-state index contributed by atoms with van der Waals surface area (Å²) in [4.78, 5) is 33.3. The van der Waals surface area contributed by atoms with Gasteiger partial charge in [-0.1, -0.05) is 19.1 Å². The third-order valence-corrected chi connectivity index (χ3v) is 6.02. The quantitative estimate of drug-likeness (QED) is 0.845. The number of amides is 2. The Bertz CT molecular complexity index is 881. The number of hydrogen-bond donors (Lipinski definition) is 1. The Hall–Kier alpha value is -2.83. The number of imidazole rings is 1. The summed E-state index contributed by atoms with van der Waals surface area (Å²) in [6, 6.07) is 8.39. The summed E-state index contributed by atoms with van der Waals surface area (Å²) >= 11 is 0. The number of piperidine rings is 1. The van der Waals surface area contributed by atoms with Gasteiger partial charge in [-0.25, -0.2) is 4.98 Å². The molecule has 2 amide bonds. The summed E-state index contributed by atoms with van der Waals surface area (Å²) in [6.07, 6.45) is 4.16. The van der Waals surface area contributed by atoms with Crippen LogP contribution in [0, 0.1) is 5.92 Å². The highest BCUT2D eigenvalue weighted by Crippen LogP contribution is 2.23. The molecule has 0 saturated carbocycles. The maximum Gasteiger partial charge on any atom is 0.289 e. The standard InChI is InChI=1S/C22H29N5O2/c1-3-25-12-13-27-15-19(24-20(27)22(25)29)21(28)23-14-17-4-6-18(7-5-17)26-10-8-16(2)9-11-26/h4-7,15-16H,3,8-14H2,1-2H3,(H,23,28). The van der Waals surface area contributed by atoms with E-state index in [1.165, 1.54) is 18.5 Å². The van der Waals surface area contributed by atoms with Gasteiger partial charge in [0.2, 0.25) is 0 Å². The lowest BCUT2D eigenvalue weighted by molar-refractivity contribution is 0.0707. The Balaban J connectivity index is 1.35. The molecule has 29 heavy (non-hydrogen) atoms. The largest absolute Gasteiger partial charge is 0.372 e. The molecular weight excluding hydrogens is 366 g/mol. The molecule has 4 rings (SSSR count). The van der Waals surface area contributed by atoms with Crippen molar-refractivity contribution in [1.82, 2.24) is 19.8 Å². The highest BCUT2D eigenvalue weighted by atomic mass is 16.2. The Morgan fingerprint density at radius 2 is 1.86 bits per heavy atom. The van der Waals surface area contributed by atoms with Gasteiger partial charge in [-0.05, 0) is 43.4 Å². The Morgan fingerprint density at radius 3 is 2.55 bits per heavy atom. The predicted octanol–water partition coefficient (Wildman–Crippen LogP) is 2.53. The van der Waals surface area contributed by atoms with Gasteiger partial charge in [0.25, 0.3) is 11.8 Å². The van der Waals surface area contributed by atoms with Crippen LogP contribution in [0.25, 0.3) is 0 Å². The van der Waals surface area contributed by atoms with Crippen LogP contribution in [0.4, 0.5) is 5.69 Å². The normalized spacial score (nSPS) is 17.4. The van der Waals surface area contributed by atoms with Gasteiger partial charge in [-0.2, -0.15) is 0 Å². The van der Waals surface area contributed by atoms with Crippen LogP contribution < -0.4 is 10.2 Å². The predicted molar refractivity (Wildman–Crippen MR) is 112 cm³/mol. The van der Waals surface area contributed by atoms with Crippen molar-refractivity contribution in [2.45, 2.75) is 39.8 Å². The number of nitrogens with zero attached hydrogens (tertiary/aromatic N) is 4. The molecule has 7 nitrogen and oxygen atoms in total. The summed E-state index contributed by atoms with van der Waals surface area (Å²) in [5.74, 6) is 0.801. The Morgan fingerprint density at radius 1 is 1.14 bits per heavy atom. The van der Waals surface area contributed by atoms with Gasteiger partial charge in [-0.3, -0.25) is 9.59 Å². The third kappa shape index (κ3) is 4.13. The number of nitrogens with one attached hydrogen (secondary N) is 1. The highest BCUT2D eigenvalue weighted by Gasteiger charge is 2.27. The lowest BCUT2D eigenvalue weighted by Gasteiger charge is -2.32. The number of rotatable bonds is 5. The lowest BCUT2D eigenvalue weighted by Crippen LogP contribution is -2.40. The van der Waals surface area contributed by atoms with Crippen molar-refractivity contribution in [1.29, 1.82) is 0 Å². The minimum atomic E-state index is -0.253. The van der Waals surface area contributed by atoms with Crippen molar-refractivity contribution in [3.63, 3.8) is 0 Å². The van der Waals surface area contributed by atoms with Gasteiger partial charge in [0.15, 0.2) is 5.82 Å². The SMILES string of the molecule is CCN1CCn2cc(C(=O)NCc3ccc(N4CCC(C)CC4)cc3)nc2C1=O. The van der Waals surface area contributed by atoms with Gasteiger partial charge in [-0.15, -0.1) is 0 Å². The van der Waals surface area contributed by atoms with Gasteiger partial charge < -0.3 is 19.7 Å². The van der Waals surface area contributed by atoms with E-state index in [2.05, 4.69) is 46.4 Å². The van der Waals surface area contributed by atoms with Crippen molar-refractivity contribution >= 4 is 17.5 Å². The molecule has 0 spiro atoms. The third-order valence-electron chi connectivity index (χ3n) is 6.02. The van der Waals surface area contributed by atoms with Gasteiger partial charge in [0.05, 0.1) is 0 Å². The molecule has 1 saturated heterocycles. The number of hydrogen-bond acceptors (Lipinski definition) is 4. The fourth-order valence-electron chi connectivity index (χ4n) is 4.00. The molecule has 2 aliphatic rings. The van der Waals surface area contributed by atoms with Crippen molar-refractivity contribution < 1.29 is 9.59 Å². The van der Waals surface area contributed by atoms with Crippen LogP contribution in [0.15, 0.2) is 30.5 Å². The van der Waals surface area contributed by atoms with Crippen LogP contribution in [-0.2, 0) is 13.1 Å². The van der Waals surface area contributed by atoms with Crippen molar-refractivity contribution in [2.24, 2.45) is 5.92 Å². The lowest BCUT2D eigenvalue weighted by atomic mass is 9.99. The number of anilines is 1. The molecule has 0 bridgehead atoms. The van der Waals surface area contributed by atoms with E-state index in [0.29, 0.717) is 37.7 Å². The van der Waals surface area contributed by atoms with E-state index in [1.807, 2.05) is 6.92 Å². The summed E-state index contributed by atoms with van der Waals surface area (Å²) in [7, 11) is 0. The first kappa shape index (κ1) is 19.5. The summed E-state index contributed by atoms with van der Waals surface area (Å²) in [5, 5.41) is 2.92. The molecule has 0 aliphatic carbocycles. The number of carbonyl (C=O) groups excluding carboxylic acids is 2. The van der Waals surface area contributed by atoms with E-state index in [0.717, 1.165) is 24.6 Å². The first-order valence-corrected chi connectivity index (χ1v) is 10.5. The van der Waals surface area contributed by atoms with E-state index >= 15 is 0 Å². The van der Waals surface area contributed by atoms with Crippen LogP contribution in [-0.4, -0.2) is 52.4 Å². The number of carbonyl (C=O) groups is 2. The molecule has 0 atom stereocenters. The van der Waals surface area contributed by atoms with Crippen LogP contribution in [0.1, 0.15) is 53.4 Å². The smallest absolute Gasteiger partial charge is 0.289 e. The topological polar surface area (TPSA) is 70.5 Å². The minimum Gasteiger partial charge on any atom is -0.372 e. The molecule has 0 radical (unpaired) electrons. The average molecular weight is 396 g/mol. The van der Waals surface area contributed by atoms with Crippen molar-refractivity contribution in [3.05, 3.63) is 47.5 Å². The van der Waals surface area contributed by atoms with Crippen LogP contribution >= 0.6 is 0 Å². The van der Waals surface area contributed by atoms with E-state index in [4.69, 9.17) is 0 Å². The summed E-state index contributed by atoms with van der Waals surface area (Å²) < 4.78 is 1.78. The molecule has 0 unspecified atom stereocenters. The molecule has 1 aromatic carbocycles. The van der Waals surface area contributed by atoms with Crippen molar-refractivity contribution in [3.8, 4) is 0 Å². The zero-order chi connectivity index (χ0) is 20.4. The first-order chi connectivity index (χ1) is 14.0.